The van der Waals surface area contributed by atoms with Crippen molar-refractivity contribution in [2.45, 2.75) is 18.6 Å². The Bertz CT molecular complexity index is 875. The fourth-order valence-electron chi connectivity index (χ4n) is 2.40. The van der Waals surface area contributed by atoms with E-state index in [1.807, 2.05) is 12.1 Å². The van der Waals surface area contributed by atoms with Gasteiger partial charge in [0, 0.05) is 18.2 Å². The number of benzene rings is 2. The van der Waals surface area contributed by atoms with Crippen molar-refractivity contribution in [3.05, 3.63) is 84.5 Å². The van der Waals surface area contributed by atoms with E-state index in [1.165, 1.54) is 6.07 Å². The number of nitrogens with two attached hydrogens (primary N) is 1. The lowest BCUT2D eigenvalue weighted by Crippen LogP contribution is -2.10. The molecule has 5 nitrogen and oxygen atoms in total. The summed E-state index contributed by atoms with van der Waals surface area (Å²) in [7, 11) is 0. The topological polar surface area (TPSA) is 101 Å². The molecule has 4 N–H and O–H groups in total. The molecule has 0 aliphatic carbocycles. The van der Waals surface area contributed by atoms with Gasteiger partial charge in [0.05, 0.1) is 5.56 Å². The summed E-state index contributed by atoms with van der Waals surface area (Å²) in [5.41, 5.74) is 7.46. The van der Waals surface area contributed by atoms with E-state index >= 15 is 0 Å². The highest BCUT2D eigenvalue weighted by atomic mass is 19.4. The molecule has 0 bridgehead atoms. The Labute approximate surface area is 165 Å². The van der Waals surface area contributed by atoms with Crippen molar-refractivity contribution in [1.82, 2.24) is 0 Å². The number of carboxylic acids is 2. The molecule has 2 aromatic rings. The molecule has 0 spiro atoms. The van der Waals surface area contributed by atoms with Gasteiger partial charge in [-0.3, -0.25) is 0 Å². The zero-order valence-electron chi connectivity index (χ0n) is 15.3. The maximum atomic E-state index is 12.8. The van der Waals surface area contributed by atoms with Crippen LogP contribution in [0.4, 0.5) is 13.2 Å². The average molecular weight is 407 g/mol. The van der Waals surface area contributed by atoms with Gasteiger partial charge < -0.3 is 15.9 Å². The smallest absolute Gasteiger partial charge is 0.416 e. The van der Waals surface area contributed by atoms with E-state index in [-0.39, 0.29) is 6.04 Å². The Hall–Kier alpha value is -3.39. The summed E-state index contributed by atoms with van der Waals surface area (Å²) < 4.78 is 38.5. The number of hydrogen-bond acceptors (Lipinski definition) is 3. The van der Waals surface area contributed by atoms with Crippen LogP contribution in [-0.4, -0.2) is 22.2 Å². The zero-order chi connectivity index (χ0) is 22.0. The molecular weight excluding hydrogens is 387 g/mol. The quantitative estimate of drug-likeness (QED) is 0.478. The van der Waals surface area contributed by atoms with Crippen LogP contribution < -0.4 is 5.73 Å². The Morgan fingerprint density at radius 1 is 1.03 bits per heavy atom. The van der Waals surface area contributed by atoms with Crippen LogP contribution in [0.3, 0.4) is 0 Å². The third kappa shape index (κ3) is 8.02. The Balaban J connectivity index is 0.000000447. The summed E-state index contributed by atoms with van der Waals surface area (Å²) in [6, 6.07) is 12.2. The molecule has 0 aromatic heterocycles. The number of rotatable bonds is 6. The lowest BCUT2D eigenvalue weighted by molar-refractivity contribution is -0.137. The molecule has 1 unspecified atom stereocenters. The minimum atomic E-state index is -4.35. The molecule has 0 aliphatic rings. The molecule has 154 valence electrons. The first-order valence-electron chi connectivity index (χ1n) is 8.33. The standard InChI is InChI=1S/C17H16F3N.C4H4O4/c1-2-6-16(21)15-10-4-3-9-14(15)12-7-5-8-13(11-12)17(18,19)20;5-3(6)1-2-4(7)8/h2-5,7-11,16H,1,6,21H2;1-2H,(H,5,6)(H,7,8)/b;2-1+. The summed E-state index contributed by atoms with van der Waals surface area (Å²) in [5.74, 6) is -2.51. The maximum absolute atomic E-state index is 12.8. The maximum Gasteiger partial charge on any atom is 0.416 e. The van der Waals surface area contributed by atoms with Gasteiger partial charge in [0.1, 0.15) is 0 Å². The van der Waals surface area contributed by atoms with Gasteiger partial charge >= 0.3 is 18.1 Å². The summed E-state index contributed by atoms with van der Waals surface area (Å²) in [6.45, 7) is 3.65. The van der Waals surface area contributed by atoms with Crippen LogP contribution >= 0.6 is 0 Å². The third-order valence-corrected chi connectivity index (χ3v) is 3.65. The molecule has 1 atom stereocenters. The van der Waals surface area contributed by atoms with E-state index in [0.29, 0.717) is 24.1 Å². The van der Waals surface area contributed by atoms with Crippen LogP contribution in [0.1, 0.15) is 23.6 Å². The minimum Gasteiger partial charge on any atom is -0.478 e. The average Bonchev–Trinajstić information content (AvgIpc) is 2.66. The fraction of sp³-hybridized carbons (Fsp3) is 0.143. The van der Waals surface area contributed by atoms with E-state index in [0.717, 1.165) is 23.3 Å². The number of aliphatic carboxylic acids is 2. The molecule has 8 heteroatoms. The van der Waals surface area contributed by atoms with Gasteiger partial charge in [-0.15, -0.1) is 6.58 Å². The summed E-state index contributed by atoms with van der Waals surface area (Å²) >= 11 is 0. The van der Waals surface area contributed by atoms with Gasteiger partial charge in [-0.05, 0) is 35.2 Å². The molecule has 0 aliphatic heterocycles. The van der Waals surface area contributed by atoms with Crippen molar-refractivity contribution in [3.8, 4) is 11.1 Å². The van der Waals surface area contributed by atoms with Crippen LogP contribution in [-0.2, 0) is 15.8 Å². The predicted octanol–water partition coefficient (Wildman–Crippen LogP) is 4.66. The van der Waals surface area contributed by atoms with Crippen LogP contribution in [0.15, 0.2) is 73.3 Å². The molecule has 0 heterocycles. The largest absolute Gasteiger partial charge is 0.478 e. The van der Waals surface area contributed by atoms with Gasteiger partial charge in [-0.2, -0.15) is 13.2 Å². The summed E-state index contributed by atoms with van der Waals surface area (Å²) in [5, 5.41) is 15.6. The SMILES string of the molecule is C=CCC(N)c1ccccc1-c1cccc(C(F)(F)F)c1.O=C(O)/C=C/C(=O)O. The molecule has 0 fully saturated rings. The molecule has 2 rings (SSSR count). The first-order chi connectivity index (χ1) is 13.6. The molecular formula is C21H20F3NO4. The van der Waals surface area contributed by atoms with E-state index in [4.69, 9.17) is 15.9 Å². The van der Waals surface area contributed by atoms with Gasteiger partial charge in [0.25, 0.3) is 0 Å². The fourth-order valence-corrected chi connectivity index (χ4v) is 2.40. The normalized spacial score (nSPS) is 12.0. The lowest BCUT2D eigenvalue weighted by atomic mass is 9.93. The molecule has 0 saturated carbocycles. The monoisotopic (exact) mass is 407 g/mol. The third-order valence-electron chi connectivity index (χ3n) is 3.65. The van der Waals surface area contributed by atoms with Crippen molar-refractivity contribution in [3.63, 3.8) is 0 Å². The highest BCUT2D eigenvalue weighted by Crippen LogP contribution is 2.34. The molecule has 0 saturated heterocycles. The van der Waals surface area contributed by atoms with Gasteiger partial charge in [-0.25, -0.2) is 9.59 Å². The van der Waals surface area contributed by atoms with Gasteiger partial charge in [-0.1, -0.05) is 42.5 Å². The second kappa shape index (κ2) is 10.8. The summed E-state index contributed by atoms with van der Waals surface area (Å²) in [4.78, 5) is 19.1. The van der Waals surface area contributed by atoms with Gasteiger partial charge in [0.15, 0.2) is 0 Å². The number of carboxylic acid groups (broad SMARTS) is 2. The number of carbonyl (C=O) groups is 2. The highest BCUT2D eigenvalue weighted by Gasteiger charge is 2.30. The first-order valence-corrected chi connectivity index (χ1v) is 8.33. The Kier molecular flexibility index (Phi) is 8.82. The number of hydrogen-bond donors (Lipinski definition) is 3. The van der Waals surface area contributed by atoms with E-state index in [9.17, 15) is 22.8 Å². The number of halogens is 3. The molecule has 2 aromatic carbocycles. The van der Waals surface area contributed by atoms with Crippen molar-refractivity contribution < 1.29 is 33.0 Å². The summed E-state index contributed by atoms with van der Waals surface area (Å²) in [6.07, 6.45) is -0.970. The minimum absolute atomic E-state index is 0.284. The Morgan fingerprint density at radius 3 is 2.14 bits per heavy atom. The first kappa shape index (κ1) is 23.6. The molecule has 29 heavy (non-hydrogen) atoms. The van der Waals surface area contributed by atoms with E-state index in [2.05, 4.69) is 6.58 Å². The molecule has 0 radical (unpaired) electrons. The lowest BCUT2D eigenvalue weighted by Gasteiger charge is -2.16. The van der Waals surface area contributed by atoms with Crippen LogP contribution in [0.5, 0.6) is 0 Å². The van der Waals surface area contributed by atoms with Gasteiger partial charge in [0.2, 0.25) is 0 Å². The van der Waals surface area contributed by atoms with Crippen LogP contribution in [0, 0.1) is 0 Å². The second-order valence-electron chi connectivity index (χ2n) is 5.81. The van der Waals surface area contributed by atoms with Crippen molar-refractivity contribution >= 4 is 11.9 Å². The van der Waals surface area contributed by atoms with Crippen molar-refractivity contribution in [2.75, 3.05) is 0 Å². The van der Waals surface area contributed by atoms with Crippen LogP contribution in [0.2, 0.25) is 0 Å². The van der Waals surface area contributed by atoms with Crippen molar-refractivity contribution in [2.24, 2.45) is 5.73 Å². The highest BCUT2D eigenvalue weighted by molar-refractivity contribution is 5.89. The van der Waals surface area contributed by atoms with E-state index in [1.54, 1.807) is 24.3 Å². The zero-order valence-corrected chi connectivity index (χ0v) is 15.3. The van der Waals surface area contributed by atoms with Crippen molar-refractivity contribution in [1.29, 1.82) is 0 Å². The van der Waals surface area contributed by atoms with E-state index < -0.39 is 23.7 Å². The predicted molar refractivity (Wildman–Crippen MR) is 103 cm³/mol. The number of alkyl halides is 3. The Morgan fingerprint density at radius 2 is 1.62 bits per heavy atom. The molecule has 0 amide bonds. The van der Waals surface area contributed by atoms with Crippen LogP contribution in [0.25, 0.3) is 11.1 Å². The second-order valence-corrected chi connectivity index (χ2v) is 5.81.